The zero-order valence-corrected chi connectivity index (χ0v) is 16.6. The number of benzene rings is 1. The Balaban J connectivity index is 1.71. The number of carbonyl (C=O) groups is 2. The van der Waals surface area contributed by atoms with Gasteiger partial charge in [-0.1, -0.05) is 12.8 Å². The molecule has 1 saturated carbocycles. The van der Waals surface area contributed by atoms with Gasteiger partial charge >= 0.3 is 6.18 Å². The highest BCUT2D eigenvalue weighted by Crippen LogP contribution is 2.35. The second-order valence-corrected chi connectivity index (χ2v) is 7.66. The van der Waals surface area contributed by atoms with Crippen molar-refractivity contribution in [3.63, 3.8) is 0 Å². The molecule has 1 aromatic carbocycles. The first kappa shape index (κ1) is 22.4. The molecule has 0 bridgehead atoms. The molecule has 3 rings (SSSR count). The largest absolute Gasteiger partial charge is 0.416 e. The van der Waals surface area contributed by atoms with E-state index in [2.05, 4.69) is 10.6 Å². The normalized spacial score (nSPS) is 22.6. The monoisotopic (exact) mass is 428 g/mol. The van der Waals surface area contributed by atoms with Crippen molar-refractivity contribution in [1.82, 2.24) is 5.32 Å². The van der Waals surface area contributed by atoms with Gasteiger partial charge in [-0.3, -0.25) is 9.59 Å². The molecule has 2 fully saturated rings. The Hall–Kier alpha value is -2.33. The van der Waals surface area contributed by atoms with Gasteiger partial charge in [-0.15, -0.1) is 0 Å². The molecule has 1 aliphatic carbocycles. The molecule has 4 N–H and O–H groups in total. The molecule has 2 aliphatic rings. The van der Waals surface area contributed by atoms with Crippen LogP contribution in [0.15, 0.2) is 18.2 Å². The molecule has 1 aliphatic heterocycles. The third-order valence-corrected chi connectivity index (χ3v) is 5.61. The van der Waals surface area contributed by atoms with Crippen LogP contribution < -0.4 is 21.3 Å². The number of rotatable bonds is 6. The molecule has 1 saturated heterocycles. The highest BCUT2D eigenvalue weighted by atomic mass is 19.4. The molecule has 10 heteroatoms. The van der Waals surface area contributed by atoms with Crippen LogP contribution in [0.3, 0.4) is 0 Å². The number of nitrogens with zero attached hydrogens (tertiary/aromatic N) is 1. The molecule has 30 heavy (non-hydrogen) atoms. The highest BCUT2D eigenvalue weighted by Gasteiger charge is 2.32. The van der Waals surface area contributed by atoms with E-state index in [9.17, 15) is 22.8 Å². The van der Waals surface area contributed by atoms with Crippen LogP contribution in [0.4, 0.5) is 24.5 Å². The molecule has 2 amide bonds. The predicted molar refractivity (Wildman–Crippen MR) is 106 cm³/mol. The molecule has 2 unspecified atom stereocenters. The molecule has 1 aromatic rings. The van der Waals surface area contributed by atoms with Gasteiger partial charge in [0.15, 0.2) is 0 Å². The molecular formula is C20H27F3N4O3. The number of alkyl halides is 3. The number of hydrogen-bond acceptors (Lipinski definition) is 5. The Kier molecular flexibility index (Phi) is 7.19. The van der Waals surface area contributed by atoms with E-state index in [0.29, 0.717) is 38.4 Å². The number of nitrogens with two attached hydrogens (primary N) is 1. The van der Waals surface area contributed by atoms with Gasteiger partial charge in [-0.05, 0) is 31.0 Å². The number of anilines is 2. The summed E-state index contributed by atoms with van der Waals surface area (Å²) in [7, 11) is 0. The maximum atomic E-state index is 13.2. The maximum Gasteiger partial charge on any atom is 0.416 e. The van der Waals surface area contributed by atoms with Crippen molar-refractivity contribution >= 4 is 23.2 Å². The Morgan fingerprint density at radius 3 is 2.53 bits per heavy atom. The maximum absolute atomic E-state index is 13.2. The molecule has 2 atom stereocenters. The van der Waals surface area contributed by atoms with Crippen molar-refractivity contribution < 1.29 is 27.5 Å². The summed E-state index contributed by atoms with van der Waals surface area (Å²) in [5.41, 5.74) is 5.24. The van der Waals surface area contributed by atoms with Crippen LogP contribution in [0.5, 0.6) is 0 Å². The first-order valence-corrected chi connectivity index (χ1v) is 10.1. The van der Waals surface area contributed by atoms with Crippen LogP contribution >= 0.6 is 0 Å². The average molecular weight is 428 g/mol. The third kappa shape index (κ3) is 5.63. The lowest BCUT2D eigenvalue weighted by atomic mass is 9.84. The van der Waals surface area contributed by atoms with Crippen LogP contribution in [-0.4, -0.2) is 50.7 Å². The Morgan fingerprint density at radius 1 is 1.17 bits per heavy atom. The van der Waals surface area contributed by atoms with Crippen LogP contribution in [0.2, 0.25) is 0 Å². The lowest BCUT2D eigenvalue weighted by Gasteiger charge is -2.31. The summed E-state index contributed by atoms with van der Waals surface area (Å²) < 4.78 is 44.9. The topological polar surface area (TPSA) is 96.7 Å². The number of morpholine rings is 1. The lowest BCUT2D eigenvalue weighted by molar-refractivity contribution is -0.137. The van der Waals surface area contributed by atoms with Crippen molar-refractivity contribution in [2.75, 3.05) is 43.1 Å². The summed E-state index contributed by atoms with van der Waals surface area (Å²) in [5.74, 6) is -1.22. The van der Waals surface area contributed by atoms with Gasteiger partial charge in [-0.2, -0.15) is 13.2 Å². The summed E-state index contributed by atoms with van der Waals surface area (Å²) in [6, 6.07) is 3.14. The minimum atomic E-state index is -4.52. The van der Waals surface area contributed by atoms with Gasteiger partial charge in [0.05, 0.1) is 42.6 Å². The molecule has 166 valence electrons. The van der Waals surface area contributed by atoms with E-state index in [1.165, 1.54) is 6.07 Å². The molecule has 0 spiro atoms. The number of amides is 2. The van der Waals surface area contributed by atoms with Crippen molar-refractivity contribution in [3.8, 4) is 0 Å². The minimum absolute atomic E-state index is 0.105. The number of nitrogens with one attached hydrogen (secondary N) is 2. The van der Waals surface area contributed by atoms with Crippen LogP contribution in [-0.2, 0) is 20.5 Å². The van der Waals surface area contributed by atoms with E-state index < -0.39 is 23.6 Å². The Bertz CT molecular complexity index is 766. The van der Waals surface area contributed by atoms with Gasteiger partial charge in [0.25, 0.3) is 0 Å². The van der Waals surface area contributed by atoms with E-state index in [0.717, 1.165) is 31.4 Å². The zero-order valence-electron chi connectivity index (χ0n) is 16.6. The summed E-state index contributed by atoms with van der Waals surface area (Å²) in [6.45, 7) is 1.86. The van der Waals surface area contributed by atoms with Gasteiger partial charge in [0.1, 0.15) is 0 Å². The molecule has 7 nitrogen and oxygen atoms in total. The molecular weight excluding hydrogens is 401 g/mol. The first-order valence-electron chi connectivity index (χ1n) is 10.1. The van der Waals surface area contributed by atoms with Crippen LogP contribution in [0, 0.1) is 5.92 Å². The van der Waals surface area contributed by atoms with Crippen LogP contribution in [0.1, 0.15) is 31.2 Å². The second kappa shape index (κ2) is 9.65. The quantitative estimate of drug-likeness (QED) is 0.645. The third-order valence-electron chi connectivity index (χ3n) is 5.61. The fourth-order valence-corrected chi connectivity index (χ4v) is 4.03. The molecule has 0 aromatic heterocycles. The zero-order chi connectivity index (χ0) is 21.7. The van der Waals surface area contributed by atoms with E-state index in [-0.39, 0.29) is 24.2 Å². The predicted octanol–water partition coefficient (Wildman–Crippen LogP) is 2.11. The van der Waals surface area contributed by atoms with Crippen LogP contribution in [0.25, 0.3) is 0 Å². The number of carbonyl (C=O) groups excluding carboxylic acids is 2. The fourth-order valence-electron chi connectivity index (χ4n) is 4.03. The number of hydrogen-bond donors (Lipinski definition) is 3. The summed E-state index contributed by atoms with van der Waals surface area (Å²) >= 11 is 0. The van der Waals surface area contributed by atoms with E-state index >= 15 is 0 Å². The van der Waals surface area contributed by atoms with E-state index in [4.69, 9.17) is 10.5 Å². The second-order valence-electron chi connectivity index (χ2n) is 7.66. The smallest absolute Gasteiger partial charge is 0.378 e. The fraction of sp³-hybridized carbons (Fsp3) is 0.600. The summed E-state index contributed by atoms with van der Waals surface area (Å²) in [4.78, 5) is 26.0. The SMILES string of the molecule is NC(=O)C1CCCCC1NCC(=O)Nc1cc(C(F)(F)F)ccc1N1CCOCC1. The number of primary amides is 1. The van der Waals surface area contributed by atoms with Crippen molar-refractivity contribution in [1.29, 1.82) is 0 Å². The van der Waals surface area contributed by atoms with Gasteiger partial charge in [0, 0.05) is 19.1 Å². The van der Waals surface area contributed by atoms with Crippen molar-refractivity contribution in [2.24, 2.45) is 11.7 Å². The van der Waals surface area contributed by atoms with Gasteiger partial charge in [-0.25, -0.2) is 0 Å². The molecule has 1 heterocycles. The van der Waals surface area contributed by atoms with Gasteiger partial charge in [0.2, 0.25) is 11.8 Å². The Labute approximate surface area is 173 Å². The van der Waals surface area contributed by atoms with Crippen molar-refractivity contribution in [3.05, 3.63) is 23.8 Å². The first-order chi connectivity index (χ1) is 14.3. The summed E-state index contributed by atoms with van der Waals surface area (Å²) in [5, 5.41) is 5.65. The highest BCUT2D eigenvalue weighted by molar-refractivity contribution is 5.96. The standard InChI is InChI=1S/C20H27F3N4O3/c21-20(22,23)13-5-6-17(27-7-9-30-10-8-27)16(11-13)26-18(28)12-25-15-4-2-1-3-14(15)19(24)29/h5-6,11,14-15,25H,1-4,7-10,12H2,(H2,24,29)(H,26,28). The van der Waals surface area contributed by atoms with E-state index in [1.54, 1.807) is 0 Å². The number of ether oxygens (including phenoxy) is 1. The Morgan fingerprint density at radius 2 is 1.87 bits per heavy atom. The van der Waals surface area contributed by atoms with Gasteiger partial charge < -0.3 is 26.0 Å². The van der Waals surface area contributed by atoms with Crippen molar-refractivity contribution in [2.45, 2.75) is 37.9 Å². The summed E-state index contributed by atoms with van der Waals surface area (Å²) in [6.07, 6.45) is -1.28. The van der Waals surface area contributed by atoms with E-state index in [1.807, 2.05) is 4.90 Å². The lowest BCUT2D eigenvalue weighted by Crippen LogP contribution is -2.47. The molecule has 0 radical (unpaired) electrons. The average Bonchev–Trinajstić information content (AvgIpc) is 2.72. The minimum Gasteiger partial charge on any atom is -0.378 e. The number of halogens is 3.